The molecule has 0 saturated carbocycles. The molecule has 0 aromatic heterocycles. The minimum atomic E-state index is -0.328. The lowest BCUT2D eigenvalue weighted by molar-refractivity contribution is 0.477. The molecule has 104 valence electrons. The number of hydrogen-bond donors (Lipinski definition) is 1. The van der Waals surface area contributed by atoms with E-state index in [0.29, 0.717) is 0 Å². The largest absolute Gasteiger partial charge is 0.318 e. The second kappa shape index (κ2) is 5.06. The van der Waals surface area contributed by atoms with E-state index in [2.05, 4.69) is 56.3 Å². The minimum absolute atomic E-state index is 0.328. The van der Waals surface area contributed by atoms with Crippen LogP contribution in [0, 0.1) is 13.8 Å². The number of rotatable bonds is 1. The van der Waals surface area contributed by atoms with Crippen molar-refractivity contribution in [1.29, 1.82) is 0 Å². The van der Waals surface area contributed by atoms with E-state index in [1.807, 2.05) is 0 Å². The molecule has 1 atom stereocenters. The third-order valence-electron chi connectivity index (χ3n) is 4.63. The molecular weight excluding hydrogens is 242 g/mol. The predicted molar refractivity (Wildman–Crippen MR) is 84.9 cm³/mol. The Morgan fingerprint density at radius 2 is 1.75 bits per heavy atom. The predicted octanol–water partition coefficient (Wildman–Crippen LogP) is 4.23. The molecule has 0 bridgehead atoms. The van der Waals surface area contributed by atoms with Crippen LogP contribution in [0.1, 0.15) is 47.1 Å². The van der Waals surface area contributed by atoms with Gasteiger partial charge in [-0.15, -0.1) is 0 Å². The van der Waals surface area contributed by atoms with Crippen LogP contribution < -0.4 is 5.73 Å². The molecule has 1 nitrogen and oxygen atoms in total. The molecule has 0 amide bonds. The molecule has 0 radical (unpaired) electrons. The Morgan fingerprint density at radius 1 is 0.950 bits per heavy atom. The van der Waals surface area contributed by atoms with E-state index < -0.39 is 0 Å². The first-order valence-corrected chi connectivity index (χ1v) is 7.56. The lowest BCUT2D eigenvalue weighted by Gasteiger charge is -2.32. The van der Waals surface area contributed by atoms with Gasteiger partial charge in [0, 0.05) is 0 Å². The SMILES string of the molecule is Cc1ccc(C2(N)CCCCc3ccccc32)c(C)c1. The average Bonchev–Trinajstić information content (AvgIpc) is 2.59. The summed E-state index contributed by atoms with van der Waals surface area (Å²) in [7, 11) is 0. The smallest absolute Gasteiger partial charge is 0.0670 e. The summed E-state index contributed by atoms with van der Waals surface area (Å²) in [4.78, 5) is 0. The van der Waals surface area contributed by atoms with Gasteiger partial charge >= 0.3 is 0 Å². The molecule has 2 aromatic carbocycles. The summed E-state index contributed by atoms with van der Waals surface area (Å²) < 4.78 is 0. The molecule has 0 heterocycles. The van der Waals surface area contributed by atoms with Crippen molar-refractivity contribution >= 4 is 0 Å². The standard InChI is InChI=1S/C19H23N/c1-14-10-11-17(15(2)13-14)19(20)12-6-5-8-16-7-3-4-9-18(16)19/h3-4,7,9-11,13H,5-6,8,12,20H2,1-2H3. The first-order chi connectivity index (χ1) is 9.61. The molecular formula is C19H23N. The van der Waals surface area contributed by atoms with Gasteiger partial charge in [0.2, 0.25) is 0 Å². The molecule has 0 spiro atoms. The van der Waals surface area contributed by atoms with Crippen LogP contribution in [-0.4, -0.2) is 0 Å². The molecule has 0 saturated heterocycles. The highest BCUT2D eigenvalue weighted by atomic mass is 14.8. The summed E-state index contributed by atoms with van der Waals surface area (Å²) in [6.45, 7) is 4.32. The van der Waals surface area contributed by atoms with E-state index in [1.165, 1.54) is 40.7 Å². The zero-order valence-electron chi connectivity index (χ0n) is 12.4. The second-order valence-corrected chi connectivity index (χ2v) is 6.15. The fourth-order valence-corrected chi connectivity index (χ4v) is 3.62. The number of fused-ring (bicyclic) bond motifs is 1. The van der Waals surface area contributed by atoms with Crippen molar-refractivity contribution in [3.8, 4) is 0 Å². The van der Waals surface area contributed by atoms with Crippen LogP contribution in [0.5, 0.6) is 0 Å². The molecule has 0 aliphatic heterocycles. The second-order valence-electron chi connectivity index (χ2n) is 6.15. The van der Waals surface area contributed by atoms with Crippen molar-refractivity contribution in [2.24, 2.45) is 5.73 Å². The summed E-state index contributed by atoms with van der Waals surface area (Å²) >= 11 is 0. The number of hydrogen-bond acceptors (Lipinski definition) is 1. The van der Waals surface area contributed by atoms with Crippen LogP contribution in [0.15, 0.2) is 42.5 Å². The fourth-order valence-electron chi connectivity index (χ4n) is 3.62. The summed E-state index contributed by atoms with van der Waals surface area (Å²) in [6.07, 6.45) is 4.62. The highest BCUT2D eigenvalue weighted by molar-refractivity contribution is 5.47. The quantitative estimate of drug-likeness (QED) is 0.767. The van der Waals surface area contributed by atoms with Gasteiger partial charge in [-0.25, -0.2) is 0 Å². The number of aryl methyl sites for hydroxylation is 3. The first kappa shape index (κ1) is 13.4. The summed E-state index contributed by atoms with van der Waals surface area (Å²) in [5, 5.41) is 0. The first-order valence-electron chi connectivity index (χ1n) is 7.56. The van der Waals surface area contributed by atoms with Gasteiger partial charge in [0.05, 0.1) is 5.54 Å². The lowest BCUT2D eigenvalue weighted by Crippen LogP contribution is -2.38. The molecule has 2 aromatic rings. The lowest BCUT2D eigenvalue weighted by atomic mass is 9.77. The number of benzene rings is 2. The highest BCUT2D eigenvalue weighted by Crippen LogP contribution is 2.38. The van der Waals surface area contributed by atoms with E-state index in [-0.39, 0.29) is 5.54 Å². The normalized spacial score (nSPS) is 22.1. The number of nitrogens with two attached hydrogens (primary N) is 1. The van der Waals surface area contributed by atoms with Crippen molar-refractivity contribution in [2.45, 2.75) is 45.1 Å². The molecule has 20 heavy (non-hydrogen) atoms. The van der Waals surface area contributed by atoms with E-state index in [4.69, 9.17) is 5.73 Å². The molecule has 2 N–H and O–H groups in total. The topological polar surface area (TPSA) is 26.0 Å². The van der Waals surface area contributed by atoms with E-state index in [9.17, 15) is 0 Å². The molecule has 0 fully saturated rings. The Morgan fingerprint density at radius 3 is 2.55 bits per heavy atom. The van der Waals surface area contributed by atoms with Crippen molar-refractivity contribution < 1.29 is 0 Å². The Kier molecular flexibility index (Phi) is 3.39. The Bertz CT molecular complexity index is 629. The van der Waals surface area contributed by atoms with Crippen LogP contribution >= 0.6 is 0 Å². The summed E-state index contributed by atoms with van der Waals surface area (Å²) in [5.41, 5.74) is 13.3. The average molecular weight is 265 g/mol. The van der Waals surface area contributed by atoms with Crippen LogP contribution in [0.3, 0.4) is 0 Å². The van der Waals surface area contributed by atoms with E-state index in [0.717, 1.165) is 12.8 Å². The maximum absolute atomic E-state index is 6.94. The van der Waals surface area contributed by atoms with Crippen molar-refractivity contribution in [2.75, 3.05) is 0 Å². The van der Waals surface area contributed by atoms with Gasteiger partial charge in [0.15, 0.2) is 0 Å². The summed E-state index contributed by atoms with van der Waals surface area (Å²) in [5.74, 6) is 0. The molecule has 3 rings (SSSR count). The van der Waals surface area contributed by atoms with Crippen molar-refractivity contribution in [1.82, 2.24) is 0 Å². The van der Waals surface area contributed by atoms with Gasteiger partial charge in [-0.2, -0.15) is 0 Å². The molecule has 1 aliphatic carbocycles. The van der Waals surface area contributed by atoms with Crippen molar-refractivity contribution in [3.05, 3.63) is 70.3 Å². The zero-order chi connectivity index (χ0) is 14.2. The minimum Gasteiger partial charge on any atom is -0.318 e. The van der Waals surface area contributed by atoms with E-state index >= 15 is 0 Å². The summed E-state index contributed by atoms with van der Waals surface area (Å²) in [6, 6.07) is 15.4. The Balaban J connectivity index is 2.19. The molecule has 1 aliphatic rings. The Labute approximate surface area is 121 Å². The van der Waals surface area contributed by atoms with Gasteiger partial charge < -0.3 is 5.73 Å². The van der Waals surface area contributed by atoms with Gasteiger partial charge in [-0.1, -0.05) is 54.4 Å². The zero-order valence-corrected chi connectivity index (χ0v) is 12.4. The highest BCUT2D eigenvalue weighted by Gasteiger charge is 2.33. The van der Waals surface area contributed by atoms with Gasteiger partial charge in [0.1, 0.15) is 0 Å². The van der Waals surface area contributed by atoms with Gasteiger partial charge in [-0.05, 0) is 55.4 Å². The van der Waals surface area contributed by atoms with Crippen molar-refractivity contribution in [3.63, 3.8) is 0 Å². The molecule has 1 heteroatoms. The third-order valence-corrected chi connectivity index (χ3v) is 4.63. The van der Waals surface area contributed by atoms with Crippen LogP contribution in [0.25, 0.3) is 0 Å². The fraction of sp³-hybridized carbons (Fsp3) is 0.368. The Hall–Kier alpha value is -1.60. The monoisotopic (exact) mass is 265 g/mol. The van der Waals surface area contributed by atoms with Gasteiger partial charge in [0.25, 0.3) is 0 Å². The van der Waals surface area contributed by atoms with E-state index in [1.54, 1.807) is 0 Å². The molecule has 1 unspecified atom stereocenters. The maximum Gasteiger partial charge on any atom is 0.0670 e. The third kappa shape index (κ3) is 2.16. The maximum atomic E-state index is 6.94. The van der Waals surface area contributed by atoms with Crippen LogP contribution in [0.4, 0.5) is 0 Å². The van der Waals surface area contributed by atoms with Crippen LogP contribution in [-0.2, 0) is 12.0 Å². The van der Waals surface area contributed by atoms with Crippen LogP contribution in [0.2, 0.25) is 0 Å². The van der Waals surface area contributed by atoms with Gasteiger partial charge in [-0.3, -0.25) is 0 Å².